The molecule has 0 amide bonds. The largest absolute Gasteiger partial charge is 0.381 e. The third kappa shape index (κ3) is 3.04. The molecule has 0 radical (unpaired) electrons. The molecular formula is C11H19N3O. The molecule has 1 fully saturated rings. The van der Waals surface area contributed by atoms with Crippen molar-refractivity contribution < 1.29 is 4.74 Å². The molecule has 2 rings (SSSR count). The van der Waals surface area contributed by atoms with E-state index in [1.54, 1.807) is 6.20 Å². The van der Waals surface area contributed by atoms with Crippen molar-refractivity contribution in [2.45, 2.75) is 25.8 Å². The van der Waals surface area contributed by atoms with Crippen LogP contribution in [0.2, 0.25) is 0 Å². The number of H-pyrrole nitrogens is 1. The number of nitrogens with one attached hydrogen (secondary N) is 2. The minimum Gasteiger partial charge on any atom is -0.381 e. The quantitative estimate of drug-likeness (QED) is 0.790. The van der Waals surface area contributed by atoms with Crippen molar-refractivity contribution in [2.24, 2.45) is 5.92 Å². The first-order chi connectivity index (χ1) is 7.36. The van der Waals surface area contributed by atoms with E-state index in [2.05, 4.69) is 22.4 Å². The highest BCUT2D eigenvalue weighted by molar-refractivity contribution is 5.02. The van der Waals surface area contributed by atoms with Crippen molar-refractivity contribution >= 4 is 0 Å². The van der Waals surface area contributed by atoms with Crippen molar-refractivity contribution in [3.63, 3.8) is 0 Å². The van der Waals surface area contributed by atoms with Gasteiger partial charge in [-0.15, -0.1) is 0 Å². The Labute approximate surface area is 90.4 Å². The first kappa shape index (κ1) is 10.6. The zero-order chi connectivity index (χ0) is 10.5. The predicted molar refractivity (Wildman–Crippen MR) is 58.5 cm³/mol. The third-order valence-electron chi connectivity index (χ3n) is 3.04. The van der Waals surface area contributed by atoms with Crippen molar-refractivity contribution in [2.75, 3.05) is 19.8 Å². The average molecular weight is 209 g/mol. The number of aromatic amines is 1. The molecule has 1 saturated heterocycles. The number of aromatic nitrogens is 2. The van der Waals surface area contributed by atoms with Gasteiger partial charge in [0.2, 0.25) is 0 Å². The smallest absolute Gasteiger partial charge is 0.0518 e. The maximum absolute atomic E-state index is 5.33. The van der Waals surface area contributed by atoms with Gasteiger partial charge in [-0.1, -0.05) is 0 Å². The molecular weight excluding hydrogens is 190 g/mol. The summed E-state index contributed by atoms with van der Waals surface area (Å²) in [5, 5.41) is 10.5. The van der Waals surface area contributed by atoms with Gasteiger partial charge in [0, 0.05) is 25.5 Å². The molecule has 1 aliphatic heterocycles. The summed E-state index contributed by atoms with van der Waals surface area (Å²) in [7, 11) is 0. The standard InChI is InChI=1S/C11H19N3O/c1-9(11-2-5-13-14-11)12-8-10-3-6-15-7-4-10/h2,5,9-10,12H,3-4,6-8H2,1H3,(H,13,14). The SMILES string of the molecule is CC(NCC1CCOCC1)c1ccn[nH]1. The summed E-state index contributed by atoms with van der Waals surface area (Å²) >= 11 is 0. The lowest BCUT2D eigenvalue weighted by atomic mass is 10.00. The highest BCUT2D eigenvalue weighted by Gasteiger charge is 2.15. The van der Waals surface area contributed by atoms with Gasteiger partial charge in [0.15, 0.2) is 0 Å². The second kappa shape index (κ2) is 5.28. The molecule has 2 N–H and O–H groups in total. The van der Waals surface area contributed by atoms with Crippen molar-refractivity contribution in [1.82, 2.24) is 15.5 Å². The molecule has 0 saturated carbocycles. The van der Waals surface area contributed by atoms with Crippen molar-refractivity contribution in [1.29, 1.82) is 0 Å². The van der Waals surface area contributed by atoms with Crippen LogP contribution in [0.4, 0.5) is 0 Å². The Morgan fingerprint density at radius 3 is 3.07 bits per heavy atom. The molecule has 4 heteroatoms. The van der Waals surface area contributed by atoms with E-state index in [-0.39, 0.29) is 0 Å². The molecule has 0 aliphatic carbocycles. The van der Waals surface area contributed by atoms with Gasteiger partial charge in [-0.25, -0.2) is 0 Å². The zero-order valence-corrected chi connectivity index (χ0v) is 9.20. The lowest BCUT2D eigenvalue weighted by Gasteiger charge is -2.23. The van der Waals surface area contributed by atoms with Gasteiger partial charge in [0.1, 0.15) is 0 Å². The second-order valence-electron chi connectivity index (χ2n) is 4.20. The fourth-order valence-electron chi connectivity index (χ4n) is 1.91. The summed E-state index contributed by atoms with van der Waals surface area (Å²) in [4.78, 5) is 0. The first-order valence-corrected chi connectivity index (χ1v) is 5.66. The Hall–Kier alpha value is -0.870. The molecule has 0 bridgehead atoms. The van der Waals surface area contributed by atoms with Gasteiger partial charge in [-0.05, 0) is 38.3 Å². The van der Waals surface area contributed by atoms with Gasteiger partial charge in [0.05, 0.1) is 5.69 Å². The Bertz CT molecular complexity index is 267. The summed E-state index contributed by atoms with van der Waals surface area (Å²) in [6.07, 6.45) is 4.16. The van der Waals surface area contributed by atoms with Crippen LogP contribution in [0.15, 0.2) is 12.3 Å². The van der Waals surface area contributed by atoms with E-state index < -0.39 is 0 Å². The molecule has 4 nitrogen and oxygen atoms in total. The molecule has 1 unspecified atom stereocenters. The van der Waals surface area contributed by atoms with Crippen LogP contribution in [-0.2, 0) is 4.74 Å². The summed E-state index contributed by atoms with van der Waals surface area (Å²) in [6, 6.07) is 2.37. The van der Waals surface area contributed by atoms with Crippen LogP contribution in [0.25, 0.3) is 0 Å². The number of hydrogen-bond acceptors (Lipinski definition) is 3. The highest BCUT2D eigenvalue weighted by Crippen LogP contribution is 2.15. The minimum atomic E-state index is 0.357. The second-order valence-corrected chi connectivity index (χ2v) is 4.20. The molecule has 1 aromatic rings. The highest BCUT2D eigenvalue weighted by atomic mass is 16.5. The van der Waals surface area contributed by atoms with E-state index in [0.29, 0.717) is 6.04 Å². The number of nitrogens with zero attached hydrogens (tertiary/aromatic N) is 1. The van der Waals surface area contributed by atoms with E-state index in [4.69, 9.17) is 4.74 Å². The van der Waals surface area contributed by atoms with Gasteiger partial charge in [-0.2, -0.15) is 5.10 Å². The Balaban J connectivity index is 1.73. The fraction of sp³-hybridized carbons (Fsp3) is 0.727. The van der Waals surface area contributed by atoms with Crippen LogP contribution in [0, 0.1) is 5.92 Å². The van der Waals surface area contributed by atoms with Crippen LogP contribution in [-0.4, -0.2) is 30.0 Å². The summed E-state index contributed by atoms with van der Waals surface area (Å²) < 4.78 is 5.33. The van der Waals surface area contributed by atoms with Crippen LogP contribution >= 0.6 is 0 Å². The van der Waals surface area contributed by atoms with Gasteiger partial charge >= 0.3 is 0 Å². The Kier molecular flexibility index (Phi) is 3.75. The third-order valence-corrected chi connectivity index (χ3v) is 3.04. The zero-order valence-electron chi connectivity index (χ0n) is 9.20. The van der Waals surface area contributed by atoms with Crippen LogP contribution in [0.5, 0.6) is 0 Å². The maximum atomic E-state index is 5.33. The van der Waals surface area contributed by atoms with Gasteiger partial charge in [-0.3, -0.25) is 5.10 Å². The van der Waals surface area contributed by atoms with Crippen LogP contribution < -0.4 is 5.32 Å². The summed E-state index contributed by atoms with van der Waals surface area (Å²) in [6.45, 7) is 5.08. The normalized spacial score (nSPS) is 20.3. The molecule has 1 aromatic heterocycles. The predicted octanol–water partition coefficient (Wildman–Crippen LogP) is 1.49. The van der Waals surface area contributed by atoms with Gasteiger partial charge < -0.3 is 10.1 Å². The topological polar surface area (TPSA) is 49.9 Å². The maximum Gasteiger partial charge on any atom is 0.0518 e. The van der Waals surface area contributed by atoms with Crippen molar-refractivity contribution in [3.05, 3.63) is 18.0 Å². The minimum absolute atomic E-state index is 0.357. The van der Waals surface area contributed by atoms with E-state index in [0.717, 1.165) is 31.4 Å². The Morgan fingerprint density at radius 1 is 1.60 bits per heavy atom. The lowest BCUT2D eigenvalue weighted by molar-refractivity contribution is 0.0656. The lowest BCUT2D eigenvalue weighted by Crippen LogP contribution is -2.29. The molecule has 15 heavy (non-hydrogen) atoms. The molecule has 1 aliphatic rings. The first-order valence-electron chi connectivity index (χ1n) is 5.66. The monoisotopic (exact) mass is 209 g/mol. The number of rotatable bonds is 4. The Morgan fingerprint density at radius 2 is 2.40 bits per heavy atom. The van der Waals surface area contributed by atoms with Crippen molar-refractivity contribution in [3.8, 4) is 0 Å². The summed E-state index contributed by atoms with van der Waals surface area (Å²) in [5.74, 6) is 0.768. The van der Waals surface area contributed by atoms with E-state index in [9.17, 15) is 0 Å². The van der Waals surface area contributed by atoms with E-state index in [1.165, 1.54) is 12.8 Å². The summed E-state index contributed by atoms with van der Waals surface area (Å²) in [5.41, 5.74) is 1.15. The van der Waals surface area contributed by atoms with Gasteiger partial charge in [0.25, 0.3) is 0 Å². The molecule has 1 atom stereocenters. The number of hydrogen-bond donors (Lipinski definition) is 2. The molecule has 84 valence electrons. The van der Waals surface area contributed by atoms with Crippen LogP contribution in [0.1, 0.15) is 31.5 Å². The number of ether oxygens (including phenoxy) is 1. The van der Waals surface area contributed by atoms with E-state index in [1.807, 2.05) is 6.07 Å². The molecule has 0 spiro atoms. The molecule has 2 heterocycles. The van der Waals surface area contributed by atoms with Crippen LogP contribution in [0.3, 0.4) is 0 Å². The van der Waals surface area contributed by atoms with E-state index >= 15 is 0 Å². The fourth-order valence-corrected chi connectivity index (χ4v) is 1.91. The molecule has 0 aromatic carbocycles. The average Bonchev–Trinajstić information content (AvgIpc) is 2.81.